The molecule has 12 nitrogen and oxygen atoms in total. The maximum absolute atomic E-state index is 13.1. The summed E-state index contributed by atoms with van der Waals surface area (Å²) in [4.78, 5) is 41.3. The van der Waals surface area contributed by atoms with Crippen LogP contribution in [-0.2, 0) is 0 Å². The maximum Gasteiger partial charge on any atom is 0.291 e. The summed E-state index contributed by atoms with van der Waals surface area (Å²) in [5.41, 5.74) is 9.73. The van der Waals surface area contributed by atoms with Crippen LogP contribution in [-0.4, -0.2) is 75.9 Å². The number of amides is 1. The molecule has 2 bridgehead atoms. The van der Waals surface area contributed by atoms with Gasteiger partial charge in [-0.3, -0.25) is 19.7 Å². The van der Waals surface area contributed by atoms with Crippen molar-refractivity contribution in [3.05, 3.63) is 46.9 Å². The number of aliphatic hydroxyl groups excluding tert-OH is 1. The van der Waals surface area contributed by atoms with Gasteiger partial charge in [-0.2, -0.15) is 14.7 Å². The molecule has 4 unspecified atom stereocenters. The minimum Gasteiger partial charge on any atom is -0.387 e. The van der Waals surface area contributed by atoms with Crippen LogP contribution in [0.5, 0.6) is 0 Å². The highest BCUT2D eigenvalue weighted by atomic mass is 16.3. The van der Waals surface area contributed by atoms with Crippen molar-refractivity contribution in [1.29, 1.82) is 0 Å². The maximum atomic E-state index is 13.1. The SMILES string of the molecule is CC(=O)c1c(C2CC3CCC(C2)N3C(=O)c2ncn[nH]2)nc2c(C3C=NC(C(C)O)=CC3)cnn2c1N. The number of H-pyrrole nitrogens is 1. The quantitative estimate of drug-likeness (QED) is 0.444. The van der Waals surface area contributed by atoms with E-state index in [1.807, 2.05) is 17.2 Å². The lowest BCUT2D eigenvalue weighted by molar-refractivity contribution is 0.0556. The van der Waals surface area contributed by atoms with Gasteiger partial charge in [-0.1, -0.05) is 6.08 Å². The van der Waals surface area contributed by atoms with Gasteiger partial charge in [-0.15, -0.1) is 0 Å². The fraction of sp³-hybridized carbons (Fsp3) is 0.480. The van der Waals surface area contributed by atoms with Crippen molar-refractivity contribution in [2.24, 2.45) is 4.99 Å². The zero-order valence-electron chi connectivity index (χ0n) is 20.7. The number of aromatic nitrogens is 6. The monoisotopic (exact) mass is 503 g/mol. The highest BCUT2D eigenvalue weighted by Gasteiger charge is 2.45. The van der Waals surface area contributed by atoms with Crippen LogP contribution in [0.4, 0.5) is 5.82 Å². The molecule has 3 aromatic rings. The number of ketones is 1. The summed E-state index contributed by atoms with van der Waals surface area (Å²) in [5, 5.41) is 20.8. The second kappa shape index (κ2) is 8.87. The molecule has 0 radical (unpaired) electrons. The third kappa shape index (κ3) is 3.82. The van der Waals surface area contributed by atoms with Gasteiger partial charge in [0.25, 0.3) is 5.91 Å². The number of Topliss-reactive ketones (excluding diaryl/α,β-unsaturated/α-hetero) is 1. The Hall–Kier alpha value is -3.93. The molecule has 4 N–H and O–H groups in total. The topological polar surface area (TPSA) is 168 Å². The van der Waals surface area contributed by atoms with E-state index in [0.717, 1.165) is 18.4 Å². The third-order valence-electron chi connectivity index (χ3n) is 7.87. The number of carbonyl (C=O) groups excluding carboxylic acids is 2. The number of aliphatic imine (C=N–C) groups is 1. The molecule has 0 saturated carbocycles. The number of aromatic amines is 1. The van der Waals surface area contributed by atoms with Crippen LogP contribution < -0.4 is 5.73 Å². The summed E-state index contributed by atoms with van der Waals surface area (Å²) in [5.74, 6) is 0.133. The summed E-state index contributed by atoms with van der Waals surface area (Å²) in [7, 11) is 0. The molecule has 0 spiro atoms. The van der Waals surface area contributed by atoms with Crippen molar-refractivity contribution in [1.82, 2.24) is 34.7 Å². The van der Waals surface area contributed by atoms with E-state index in [1.54, 1.807) is 13.1 Å². The number of nitrogens with one attached hydrogen (secondary N) is 1. The van der Waals surface area contributed by atoms with Crippen LogP contribution in [0.15, 0.2) is 29.3 Å². The molecule has 3 aliphatic rings. The fourth-order valence-electron chi connectivity index (χ4n) is 6.15. The van der Waals surface area contributed by atoms with E-state index >= 15 is 0 Å². The first-order valence-electron chi connectivity index (χ1n) is 12.6. The number of piperidine rings is 1. The fourth-order valence-corrected chi connectivity index (χ4v) is 6.15. The lowest BCUT2D eigenvalue weighted by Gasteiger charge is -2.38. The number of nitrogen functional groups attached to an aromatic ring is 1. The second-order valence-corrected chi connectivity index (χ2v) is 10.2. The molecule has 192 valence electrons. The van der Waals surface area contributed by atoms with Crippen molar-refractivity contribution < 1.29 is 14.7 Å². The molecule has 4 atom stereocenters. The van der Waals surface area contributed by atoms with E-state index in [9.17, 15) is 14.7 Å². The lowest BCUT2D eigenvalue weighted by atomic mass is 9.85. The molecule has 37 heavy (non-hydrogen) atoms. The number of carbonyl (C=O) groups is 2. The first-order chi connectivity index (χ1) is 17.8. The molecule has 1 amide bonds. The van der Waals surface area contributed by atoms with Crippen LogP contribution in [0.2, 0.25) is 0 Å². The number of hydrogen-bond acceptors (Lipinski definition) is 9. The van der Waals surface area contributed by atoms with E-state index in [4.69, 9.17) is 10.7 Å². The summed E-state index contributed by atoms with van der Waals surface area (Å²) in [6.07, 6.45) is 9.99. The minimum atomic E-state index is -0.628. The first-order valence-corrected chi connectivity index (χ1v) is 12.6. The Labute approximate surface area is 212 Å². The molecule has 2 saturated heterocycles. The molecule has 0 aliphatic carbocycles. The Morgan fingerprint density at radius 3 is 2.59 bits per heavy atom. The Bertz CT molecular complexity index is 1430. The van der Waals surface area contributed by atoms with Gasteiger partial charge in [0, 0.05) is 35.7 Å². The molecule has 0 aromatic carbocycles. The van der Waals surface area contributed by atoms with E-state index in [-0.39, 0.29) is 47.3 Å². The molecule has 2 fully saturated rings. The smallest absolute Gasteiger partial charge is 0.291 e. The molecular formula is C25H29N9O3. The molecule has 6 rings (SSSR count). The van der Waals surface area contributed by atoms with Crippen molar-refractivity contribution in [3.63, 3.8) is 0 Å². The number of allylic oxidation sites excluding steroid dienone is 1. The predicted octanol–water partition coefficient (Wildman–Crippen LogP) is 2.01. The molecule has 3 aliphatic heterocycles. The van der Waals surface area contributed by atoms with Crippen LogP contribution in [0.25, 0.3) is 5.65 Å². The van der Waals surface area contributed by atoms with Gasteiger partial charge in [-0.25, -0.2) is 9.97 Å². The number of aliphatic hydroxyl groups is 1. The van der Waals surface area contributed by atoms with Gasteiger partial charge in [0.05, 0.1) is 29.3 Å². The van der Waals surface area contributed by atoms with Gasteiger partial charge >= 0.3 is 0 Å². The van der Waals surface area contributed by atoms with Gasteiger partial charge in [0.2, 0.25) is 5.82 Å². The van der Waals surface area contributed by atoms with Crippen LogP contribution in [0.3, 0.4) is 0 Å². The Kier molecular flexibility index (Phi) is 5.63. The standard InChI is InChI=1S/C25H29N9O3/c1-12(35)19-6-3-14(9-27-19)18-10-30-34-22(26)20(13(2)36)21(31-24(18)34)15-7-16-4-5-17(8-15)33(16)25(37)23-28-11-29-32-23/h6,9-12,14-17,35H,3-5,7-8,26H2,1-2H3,(H,28,29,32). The van der Waals surface area contributed by atoms with Gasteiger partial charge in [0.15, 0.2) is 11.4 Å². The van der Waals surface area contributed by atoms with E-state index < -0.39 is 6.10 Å². The third-order valence-corrected chi connectivity index (χ3v) is 7.87. The van der Waals surface area contributed by atoms with Crippen molar-refractivity contribution in [2.75, 3.05) is 5.73 Å². The minimum absolute atomic E-state index is 0.0213. The number of nitrogens with zero attached hydrogens (tertiary/aromatic N) is 7. The molecular weight excluding hydrogens is 474 g/mol. The van der Waals surface area contributed by atoms with Crippen molar-refractivity contribution in [2.45, 2.75) is 76.0 Å². The highest BCUT2D eigenvalue weighted by molar-refractivity contribution is 6.00. The Balaban J connectivity index is 1.36. The number of fused-ring (bicyclic) bond motifs is 3. The highest BCUT2D eigenvalue weighted by Crippen LogP contribution is 2.45. The first kappa shape index (κ1) is 23.5. The summed E-state index contributed by atoms with van der Waals surface area (Å²) in [6, 6.07) is 0.0543. The number of nitrogens with two attached hydrogens (primary N) is 1. The van der Waals surface area contributed by atoms with E-state index in [1.165, 1.54) is 17.8 Å². The van der Waals surface area contributed by atoms with Crippen LogP contribution >= 0.6 is 0 Å². The molecule has 6 heterocycles. The van der Waals surface area contributed by atoms with Crippen molar-refractivity contribution >= 4 is 29.4 Å². The molecule has 12 heteroatoms. The summed E-state index contributed by atoms with van der Waals surface area (Å²) >= 11 is 0. The second-order valence-electron chi connectivity index (χ2n) is 10.2. The normalized spacial score (nSPS) is 25.9. The van der Waals surface area contributed by atoms with Crippen LogP contribution in [0, 0.1) is 0 Å². The average molecular weight is 504 g/mol. The van der Waals surface area contributed by atoms with Gasteiger partial charge < -0.3 is 15.7 Å². The van der Waals surface area contributed by atoms with Crippen molar-refractivity contribution in [3.8, 4) is 0 Å². The summed E-state index contributed by atoms with van der Waals surface area (Å²) in [6.45, 7) is 3.19. The van der Waals surface area contributed by atoms with E-state index in [0.29, 0.717) is 41.9 Å². The largest absolute Gasteiger partial charge is 0.387 e. The van der Waals surface area contributed by atoms with E-state index in [2.05, 4.69) is 25.3 Å². The predicted molar refractivity (Wildman–Crippen MR) is 134 cm³/mol. The van der Waals surface area contributed by atoms with Gasteiger partial charge in [0.1, 0.15) is 12.1 Å². The van der Waals surface area contributed by atoms with Gasteiger partial charge in [-0.05, 0) is 46.0 Å². The zero-order valence-corrected chi connectivity index (χ0v) is 20.7. The lowest BCUT2D eigenvalue weighted by Crippen LogP contribution is -2.46. The zero-order chi connectivity index (χ0) is 25.8. The summed E-state index contributed by atoms with van der Waals surface area (Å²) < 4.78 is 1.54. The average Bonchev–Trinajstić information content (AvgIpc) is 3.62. The molecule has 3 aromatic heterocycles. The Morgan fingerprint density at radius 2 is 2.00 bits per heavy atom. The number of anilines is 1. The Morgan fingerprint density at radius 1 is 1.24 bits per heavy atom. The number of hydrogen-bond donors (Lipinski definition) is 3. The number of rotatable bonds is 5. The van der Waals surface area contributed by atoms with Crippen LogP contribution in [0.1, 0.15) is 90.0 Å².